The minimum atomic E-state index is -3.97. The molecule has 0 radical (unpaired) electrons. The van der Waals surface area contributed by atoms with Crippen molar-refractivity contribution in [3.8, 4) is 6.07 Å². The summed E-state index contributed by atoms with van der Waals surface area (Å²) in [5, 5.41) is 9.17. The number of amides is 1. The first-order valence-electron chi connectivity index (χ1n) is 6.89. The highest BCUT2D eigenvalue weighted by Gasteiger charge is 2.18. The third-order valence-corrected chi connectivity index (χ3v) is 4.68. The highest BCUT2D eigenvalue weighted by molar-refractivity contribution is 7.92. The first-order chi connectivity index (χ1) is 11.2. The molecule has 0 spiro atoms. The number of nitrogens with two attached hydrogens (primary N) is 1. The quantitative estimate of drug-likeness (QED) is 0.853. The molecular formula is C16H16N4O3S. The van der Waals surface area contributed by atoms with E-state index in [4.69, 9.17) is 5.73 Å². The maximum atomic E-state index is 12.5. The number of nitrogens with zero attached hydrogens (tertiary/aromatic N) is 2. The molecule has 3 N–H and O–H groups in total. The summed E-state index contributed by atoms with van der Waals surface area (Å²) in [5.41, 5.74) is 6.34. The predicted molar refractivity (Wildman–Crippen MR) is 91.3 cm³/mol. The van der Waals surface area contributed by atoms with Crippen LogP contribution >= 0.6 is 0 Å². The minimum Gasteiger partial charge on any atom is -0.378 e. The van der Waals surface area contributed by atoms with E-state index in [-0.39, 0.29) is 21.7 Å². The third-order valence-electron chi connectivity index (χ3n) is 3.31. The Balaban J connectivity index is 2.46. The molecule has 1 amide bonds. The van der Waals surface area contributed by atoms with Crippen molar-refractivity contribution in [1.82, 2.24) is 0 Å². The molecule has 0 aliphatic rings. The Morgan fingerprint density at radius 1 is 1.21 bits per heavy atom. The van der Waals surface area contributed by atoms with Gasteiger partial charge in [0.05, 0.1) is 16.1 Å². The maximum Gasteiger partial charge on any atom is 0.261 e. The average molecular weight is 344 g/mol. The van der Waals surface area contributed by atoms with Crippen LogP contribution in [0.4, 0.5) is 11.4 Å². The Morgan fingerprint density at radius 2 is 1.92 bits per heavy atom. The van der Waals surface area contributed by atoms with Gasteiger partial charge in [0, 0.05) is 25.3 Å². The molecule has 0 saturated heterocycles. The lowest BCUT2D eigenvalue weighted by atomic mass is 10.2. The van der Waals surface area contributed by atoms with Crippen LogP contribution in [-0.2, 0) is 10.0 Å². The molecule has 0 aliphatic heterocycles. The van der Waals surface area contributed by atoms with E-state index < -0.39 is 15.9 Å². The first kappa shape index (κ1) is 17.3. The van der Waals surface area contributed by atoms with Gasteiger partial charge in [0.2, 0.25) is 5.91 Å². The molecular weight excluding hydrogens is 328 g/mol. The molecule has 0 saturated carbocycles. The van der Waals surface area contributed by atoms with Crippen LogP contribution < -0.4 is 15.4 Å². The summed E-state index contributed by atoms with van der Waals surface area (Å²) in [4.78, 5) is 12.9. The molecule has 0 atom stereocenters. The van der Waals surface area contributed by atoms with Gasteiger partial charge in [0.25, 0.3) is 10.0 Å². The Bertz CT molecular complexity index is 931. The normalized spacial score (nSPS) is 10.7. The van der Waals surface area contributed by atoms with Crippen LogP contribution in [0.1, 0.15) is 15.9 Å². The number of benzene rings is 2. The summed E-state index contributed by atoms with van der Waals surface area (Å²) in [6.07, 6.45) is 0. The summed E-state index contributed by atoms with van der Waals surface area (Å²) < 4.78 is 27.5. The second kappa shape index (κ2) is 6.60. The lowest BCUT2D eigenvalue weighted by Crippen LogP contribution is -2.17. The SMILES string of the molecule is CN(C)c1ccc(C#N)c(NS(=O)(=O)c2cccc(C(N)=O)c2)c1. The molecule has 8 heteroatoms. The van der Waals surface area contributed by atoms with Crippen molar-refractivity contribution < 1.29 is 13.2 Å². The number of hydrogen-bond acceptors (Lipinski definition) is 5. The van der Waals surface area contributed by atoms with Crippen LogP contribution in [0.3, 0.4) is 0 Å². The van der Waals surface area contributed by atoms with Crippen LogP contribution in [0.5, 0.6) is 0 Å². The molecule has 0 bridgehead atoms. The number of rotatable bonds is 5. The van der Waals surface area contributed by atoms with E-state index >= 15 is 0 Å². The van der Waals surface area contributed by atoms with Crippen molar-refractivity contribution in [3.63, 3.8) is 0 Å². The standard InChI is InChI=1S/C16H16N4O3S/c1-20(2)13-7-6-12(10-17)15(9-13)19-24(22,23)14-5-3-4-11(8-14)16(18)21/h3-9,19H,1-2H3,(H2,18,21). The molecule has 0 aromatic heterocycles. The van der Waals surface area contributed by atoms with Gasteiger partial charge in [-0.1, -0.05) is 6.07 Å². The van der Waals surface area contributed by atoms with Gasteiger partial charge in [0.15, 0.2) is 0 Å². The summed E-state index contributed by atoms with van der Waals surface area (Å²) in [7, 11) is -0.369. The largest absolute Gasteiger partial charge is 0.378 e. The molecule has 0 aliphatic carbocycles. The number of nitrogens with one attached hydrogen (secondary N) is 1. The first-order valence-corrected chi connectivity index (χ1v) is 8.37. The van der Waals surface area contributed by atoms with Gasteiger partial charge in [0.1, 0.15) is 6.07 Å². The van der Waals surface area contributed by atoms with Gasteiger partial charge in [-0.25, -0.2) is 8.42 Å². The number of carbonyl (C=O) groups excluding carboxylic acids is 1. The van der Waals surface area contributed by atoms with Gasteiger partial charge in [-0.15, -0.1) is 0 Å². The summed E-state index contributed by atoms with van der Waals surface area (Å²) >= 11 is 0. The second-order valence-corrected chi connectivity index (χ2v) is 6.92. The van der Waals surface area contributed by atoms with Gasteiger partial charge < -0.3 is 10.6 Å². The number of anilines is 2. The Labute approximate surface area is 140 Å². The lowest BCUT2D eigenvalue weighted by Gasteiger charge is -2.16. The monoisotopic (exact) mass is 344 g/mol. The number of primary amides is 1. The molecule has 2 rings (SSSR count). The van der Waals surface area contributed by atoms with E-state index in [0.29, 0.717) is 0 Å². The zero-order chi connectivity index (χ0) is 17.9. The molecule has 0 unspecified atom stereocenters. The van der Waals surface area contributed by atoms with Crippen LogP contribution in [0.2, 0.25) is 0 Å². The summed E-state index contributed by atoms with van der Waals surface area (Å²) in [6, 6.07) is 12.1. The number of hydrogen-bond donors (Lipinski definition) is 2. The average Bonchev–Trinajstić information content (AvgIpc) is 2.54. The Kier molecular flexibility index (Phi) is 4.76. The molecule has 7 nitrogen and oxygen atoms in total. The smallest absolute Gasteiger partial charge is 0.261 e. The van der Waals surface area contributed by atoms with Crippen molar-refractivity contribution in [2.45, 2.75) is 4.90 Å². The van der Waals surface area contributed by atoms with Crippen LogP contribution in [-0.4, -0.2) is 28.4 Å². The Morgan fingerprint density at radius 3 is 2.50 bits per heavy atom. The highest BCUT2D eigenvalue weighted by Crippen LogP contribution is 2.25. The fraction of sp³-hybridized carbons (Fsp3) is 0.125. The number of nitriles is 1. The minimum absolute atomic E-state index is 0.0837. The molecule has 2 aromatic carbocycles. The molecule has 24 heavy (non-hydrogen) atoms. The maximum absolute atomic E-state index is 12.5. The van der Waals surface area contributed by atoms with Crippen LogP contribution in [0.15, 0.2) is 47.4 Å². The molecule has 0 heterocycles. The third kappa shape index (κ3) is 3.64. The topological polar surface area (TPSA) is 116 Å². The van der Waals surface area contributed by atoms with E-state index in [9.17, 15) is 18.5 Å². The van der Waals surface area contributed by atoms with Gasteiger partial charge in [-0.3, -0.25) is 9.52 Å². The number of sulfonamides is 1. The van der Waals surface area contributed by atoms with Gasteiger partial charge in [-0.05, 0) is 36.4 Å². The fourth-order valence-electron chi connectivity index (χ4n) is 2.01. The van der Waals surface area contributed by atoms with Crippen LogP contribution in [0.25, 0.3) is 0 Å². The number of carbonyl (C=O) groups is 1. The lowest BCUT2D eigenvalue weighted by molar-refractivity contribution is 0.1000. The van der Waals surface area contributed by atoms with Crippen LogP contribution in [0, 0.1) is 11.3 Å². The summed E-state index contributed by atoms with van der Waals surface area (Å²) in [5.74, 6) is -0.723. The zero-order valence-corrected chi connectivity index (χ0v) is 14.0. The molecule has 2 aromatic rings. The van der Waals surface area contributed by atoms with E-state index in [2.05, 4.69) is 4.72 Å². The van der Waals surface area contributed by atoms with Gasteiger partial charge in [-0.2, -0.15) is 5.26 Å². The van der Waals surface area contributed by atoms with Crippen molar-refractivity contribution in [2.75, 3.05) is 23.7 Å². The van der Waals surface area contributed by atoms with E-state index in [0.717, 1.165) is 5.69 Å². The summed E-state index contributed by atoms with van der Waals surface area (Å²) in [6.45, 7) is 0. The van der Waals surface area contributed by atoms with E-state index in [1.54, 1.807) is 31.1 Å². The molecule has 0 fully saturated rings. The highest BCUT2D eigenvalue weighted by atomic mass is 32.2. The van der Waals surface area contributed by atoms with Crippen molar-refractivity contribution in [1.29, 1.82) is 5.26 Å². The van der Waals surface area contributed by atoms with Gasteiger partial charge >= 0.3 is 0 Å². The van der Waals surface area contributed by atoms with E-state index in [1.807, 2.05) is 6.07 Å². The van der Waals surface area contributed by atoms with Crippen molar-refractivity contribution >= 4 is 27.3 Å². The van der Waals surface area contributed by atoms with Crippen molar-refractivity contribution in [3.05, 3.63) is 53.6 Å². The molecule has 124 valence electrons. The second-order valence-electron chi connectivity index (χ2n) is 5.23. The fourth-order valence-corrected chi connectivity index (χ4v) is 3.13. The predicted octanol–water partition coefficient (Wildman–Crippen LogP) is 1.52. The van der Waals surface area contributed by atoms with E-state index in [1.165, 1.54) is 30.3 Å². The van der Waals surface area contributed by atoms with Crippen molar-refractivity contribution in [2.24, 2.45) is 5.73 Å². The zero-order valence-electron chi connectivity index (χ0n) is 13.1. The Hall–Kier alpha value is -3.05.